The quantitative estimate of drug-likeness (QED) is 0.203. The molecule has 1 aromatic heterocycles. The second-order valence-electron chi connectivity index (χ2n) is 11.4. The predicted octanol–water partition coefficient (Wildman–Crippen LogP) is 7.12. The zero-order valence-corrected chi connectivity index (χ0v) is 25.1. The highest BCUT2D eigenvalue weighted by Crippen LogP contribution is 2.35. The lowest BCUT2D eigenvalue weighted by atomic mass is 9.94. The van der Waals surface area contributed by atoms with Crippen molar-refractivity contribution in [2.24, 2.45) is 0 Å². The number of hydrogen-bond donors (Lipinski definition) is 1. The Morgan fingerprint density at radius 3 is 2.71 bits per heavy atom. The van der Waals surface area contributed by atoms with Crippen molar-refractivity contribution in [2.75, 3.05) is 37.9 Å². The molecule has 0 saturated carbocycles. The van der Waals surface area contributed by atoms with Crippen LogP contribution in [0.15, 0.2) is 77.7 Å². The first kappa shape index (κ1) is 28.6. The van der Waals surface area contributed by atoms with E-state index in [1.165, 1.54) is 22.2 Å². The molecule has 2 amide bonds. The fourth-order valence-electron chi connectivity index (χ4n) is 6.35. The number of amides is 2. The molecule has 1 saturated heterocycles. The second-order valence-corrected chi connectivity index (χ2v) is 12.4. The summed E-state index contributed by atoms with van der Waals surface area (Å²) in [5, 5.41) is 4.21. The monoisotopic (exact) mass is 581 g/mol. The van der Waals surface area contributed by atoms with E-state index in [4.69, 9.17) is 4.74 Å². The Kier molecular flexibility index (Phi) is 8.96. The van der Waals surface area contributed by atoms with Gasteiger partial charge in [0.05, 0.1) is 11.4 Å². The number of nitrogens with one attached hydrogen (secondary N) is 1. The Labute approximate surface area is 252 Å². The van der Waals surface area contributed by atoms with E-state index in [-0.39, 0.29) is 11.8 Å². The average molecular weight is 582 g/mol. The maximum Gasteiger partial charge on any atom is 0.234 e. The maximum absolute atomic E-state index is 13.3. The van der Waals surface area contributed by atoms with E-state index in [0.717, 1.165) is 80.1 Å². The average Bonchev–Trinajstić information content (AvgIpc) is 3.40. The van der Waals surface area contributed by atoms with Crippen LogP contribution in [0.3, 0.4) is 0 Å². The third-order valence-corrected chi connectivity index (χ3v) is 9.58. The van der Waals surface area contributed by atoms with Gasteiger partial charge in [-0.1, -0.05) is 48.5 Å². The number of hydrogen-bond acceptors (Lipinski definition) is 4. The van der Waals surface area contributed by atoms with Gasteiger partial charge >= 0.3 is 0 Å². The molecular formula is C35H39N3O3S. The molecule has 0 aliphatic carbocycles. The van der Waals surface area contributed by atoms with E-state index >= 15 is 0 Å². The molecule has 1 N–H and O–H groups in total. The SMILES string of the molecule is COCCCn1c(C2CCCN(C(=O)CCCc3ccc(-c4ccc5c(c4)SCC(=O)N5)cc3)C2)cc2ccccc21. The number of piperidine rings is 1. The van der Waals surface area contributed by atoms with Gasteiger partial charge in [-0.25, -0.2) is 0 Å². The van der Waals surface area contributed by atoms with Crippen molar-refractivity contribution in [2.45, 2.75) is 55.9 Å². The first-order valence-corrected chi connectivity index (χ1v) is 16.1. The summed E-state index contributed by atoms with van der Waals surface area (Å²) in [4.78, 5) is 28.1. The van der Waals surface area contributed by atoms with Crippen molar-refractivity contribution < 1.29 is 14.3 Å². The van der Waals surface area contributed by atoms with E-state index in [1.54, 1.807) is 18.9 Å². The number of anilines is 1. The zero-order valence-electron chi connectivity index (χ0n) is 24.3. The van der Waals surface area contributed by atoms with E-state index in [9.17, 15) is 9.59 Å². The first-order valence-electron chi connectivity index (χ1n) is 15.1. The van der Waals surface area contributed by atoms with E-state index in [0.29, 0.717) is 18.1 Å². The molecule has 0 spiro atoms. The summed E-state index contributed by atoms with van der Waals surface area (Å²) >= 11 is 1.58. The molecular weight excluding hydrogens is 542 g/mol. The largest absolute Gasteiger partial charge is 0.385 e. The van der Waals surface area contributed by atoms with Crippen LogP contribution in [0, 0.1) is 0 Å². The van der Waals surface area contributed by atoms with Crippen LogP contribution in [0.5, 0.6) is 0 Å². The standard InChI is InChI=1S/C35H39N3O3S/c1-41-20-6-19-38-31-10-3-2-8-28(31)21-32(38)29-9-5-18-37(23-29)35(40)11-4-7-25-12-14-26(15-13-25)27-16-17-30-33(22-27)42-24-34(39)36-30/h2-3,8,10,12-17,21-22,29H,4-7,9,11,18-20,23-24H2,1H3,(H,36,39). The molecule has 4 aromatic rings. The third kappa shape index (κ3) is 6.42. The van der Waals surface area contributed by atoms with E-state index < -0.39 is 0 Å². The van der Waals surface area contributed by atoms with Gasteiger partial charge in [0.15, 0.2) is 0 Å². The van der Waals surface area contributed by atoms with E-state index in [1.807, 2.05) is 6.07 Å². The molecule has 0 radical (unpaired) electrons. The second kappa shape index (κ2) is 13.2. The summed E-state index contributed by atoms with van der Waals surface area (Å²) in [6.45, 7) is 3.34. The highest BCUT2D eigenvalue weighted by Gasteiger charge is 2.27. The lowest BCUT2D eigenvalue weighted by Crippen LogP contribution is -2.39. The van der Waals surface area contributed by atoms with Gasteiger partial charge in [0, 0.05) is 61.8 Å². The van der Waals surface area contributed by atoms with Crippen LogP contribution in [-0.2, 0) is 27.3 Å². The minimum Gasteiger partial charge on any atom is -0.385 e. The lowest BCUT2D eigenvalue weighted by Gasteiger charge is -2.33. The molecule has 3 heterocycles. The number of rotatable bonds is 10. The summed E-state index contributed by atoms with van der Waals surface area (Å²) < 4.78 is 7.78. The van der Waals surface area contributed by atoms with Crippen molar-refractivity contribution in [3.63, 3.8) is 0 Å². The topological polar surface area (TPSA) is 63.6 Å². The van der Waals surface area contributed by atoms with Crippen molar-refractivity contribution in [1.82, 2.24) is 9.47 Å². The molecule has 1 fully saturated rings. The number of carbonyl (C=O) groups is 2. The minimum absolute atomic E-state index is 0.0562. The number of thioether (sulfide) groups is 1. The normalized spacial score (nSPS) is 16.8. The van der Waals surface area contributed by atoms with Gasteiger partial charge in [-0.15, -0.1) is 11.8 Å². The maximum atomic E-state index is 13.3. The molecule has 6 rings (SSSR count). The molecule has 218 valence electrons. The number of nitrogens with zero attached hydrogens (tertiary/aromatic N) is 2. The number of aromatic nitrogens is 1. The van der Waals surface area contributed by atoms with Gasteiger partial charge in [-0.3, -0.25) is 9.59 Å². The molecule has 7 heteroatoms. The summed E-state index contributed by atoms with van der Waals surface area (Å²) in [6.07, 6.45) is 5.47. The Morgan fingerprint density at radius 2 is 1.86 bits per heavy atom. The predicted molar refractivity (Wildman–Crippen MR) is 171 cm³/mol. The number of carbonyl (C=O) groups excluding carboxylic acids is 2. The number of likely N-dealkylation sites (tertiary alicyclic amines) is 1. The fraction of sp³-hybridized carbons (Fsp3) is 0.371. The molecule has 42 heavy (non-hydrogen) atoms. The zero-order chi connectivity index (χ0) is 28.9. The summed E-state index contributed by atoms with van der Waals surface area (Å²) in [5.74, 6) is 1.16. The van der Waals surface area contributed by atoms with Crippen molar-refractivity contribution in [3.05, 3.63) is 84.1 Å². The summed E-state index contributed by atoms with van der Waals surface area (Å²) in [5.41, 5.74) is 7.09. The third-order valence-electron chi connectivity index (χ3n) is 8.52. The van der Waals surface area contributed by atoms with Crippen molar-refractivity contribution in [3.8, 4) is 11.1 Å². The molecule has 1 unspecified atom stereocenters. The van der Waals surface area contributed by atoms with Gasteiger partial charge < -0.3 is 19.5 Å². The van der Waals surface area contributed by atoms with Gasteiger partial charge in [0.2, 0.25) is 11.8 Å². The summed E-state index contributed by atoms with van der Waals surface area (Å²) in [6, 6.07) is 25.8. The van der Waals surface area contributed by atoms with E-state index in [2.05, 4.69) is 81.5 Å². The van der Waals surface area contributed by atoms with Crippen LogP contribution >= 0.6 is 11.8 Å². The first-order chi connectivity index (χ1) is 20.6. The Morgan fingerprint density at radius 1 is 1.02 bits per heavy atom. The molecule has 3 aromatic carbocycles. The smallest absolute Gasteiger partial charge is 0.234 e. The van der Waals surface area contributed by atoms with Crippen LogP contribution in [0.1, 0.15) is 49.3 Å². The van der Waals surface area contributed by atoms with Crippen molar-refractivity contribution >= 4 is 40.2 Å². The number of aryl methyl sites for hydroxylation is 2. The van der Waals surface area contributed by atoms with Gasteiger partial charge in [0.25, 0.3) is 0 Å². The van der Waals surface area contributed by atoms with Crippen molar-refractivity contribution in [1.29, 1.82) is 0 Å². The number of benzene rings is 3. The summed E-state index contributed by atoms with van der Waals surface area (Å²) in [7, 11) is 1.76. The lowest BCUT2D eigenvalue weighted by molar-refractivity contribution is -0.132. The molecule has 0 bridgehead atoms. The van der Waals surface area contributed by atoms with Crippen LogP contribution in [0.4, 0.5) is 5.69 Å². The van der Waals surface area contributed by atoms with Gasteiger partial charge in [-0.05, 0) is 78.4 Å². The highest BCUT2D eigenvalue weighted by atomic mass is 32.2. The van der Waals surface area contributed by atoms with Gasteiger partial charge in [-0.2, -0.15) is 0 Å². The Balaban J connectivity index is 1.04. The van der Waals surface area contributed by atoms with Gasteiger partial charge in [0.1, 0.15) is 0 Å². The Hall–Kier alpha value is -3.55. The molecule has 2 aliphatic rings. The van der Waals surface area contributed by atoms with Crippen LogP contribution < -0.4 is 5.32 Å². The number of ether oxygens (including phenoxy) is 1. The van der Waals surface area contributed by atoms with Crippen LogP contribution in [-0.4, -0.2) is 53.8 Å². The number of methoxy groups -OCH3 is 1. The molecule has 1 atom stereocenters. The number of para-hydroxylation sites is 1. The minimum atomic E-state index is 0.0562. The van der Waals surface area contributed by atoms with Crippen LogP contribution in [0.25, 0.3) is 22.0 Å². The van der Waals surface area contributed by atoms with Crippen LogP contribution in [0.2, 0.25) is 0 Å². The Bertz CT molecular complexity index is 1560. The number of fused-ring (bicyclic) bond motifs is 2. The highest BCUT2D eigenvalue weighted by molar-refractivity contribution is 8.00. The molecule has 6 nitrogen and oxygen atoms in total. The molecule has 2 aliphatic heterocycles. The fourth-order valence-corrected chi connectivity index (χ4v) is 7.20.